The molecular formula is C20H20ClN3O2S. The first-order chi connectivity index (χ1) is 13.0. The smallest absolute Gasteiger partial charge is 0.270 e. The molecule has 1 fully saturated rings. The van der Waals surface area contributed by atoms with Crippen LogP contribution >= 0.6 is 22.9 Å². The highest BCUT2D eigenvalue weighted by Gasteiger charge is 2.26. The molecule has 7 heteroatoms. The third-order valence-corrected chi connectivity index (χ3v) is 6.07. The Morgan fingerprint density at radius 2 is 1.81 bits per heavy atom. The number of hydrogen-bond acceptors (Lipinski definition) is 3. The highest BCUT2D eigenvalue weighted by atomic mass is 35.5. The van der Waals surface area contributed by atoms with E-state index in [2.05, 4.69) is 10.6 Å². The van der Waals surface area contributed by atoms with Gasteiger partial charge in [-0.05, 0) is 35.2 Å². The number of nitrogens with zero attached hydrogens (tertiary/aromatic N) is 3. The molecule has 3 heterocycles. The fourth-order valence-corrected chi connectivity index (χ4v) is 4.56. The number of benzene rings is 1. The third kappa shape index (κ3) is 3.59. The number of hydrogen-bond donors (Lipinski definition) is 0. The molecule has 0 aliphatic carbocycles. The molecule has 3 aromatic rings. The minimum absolute atomic E-state index is 0.0173. The van der Waals surface area contributed by atoms with E-state index in [9.17, 15) is 9.59 Å². The van der Waals surface area contributed by atoms with Crippen molar-refractivity contribution in [2.24, 2.45) is 0 Å². The number of halogens is 1. The summed E-state index contributed by atoms with van der Waals surface area (Å²) in [5.41, 5.74) is 2.81. The lowest BCUT2D eigenvalue weighted by Gasteiger charge is -2.34. The Morgan fingerprint density at radius 1 is 1.07 bits per heavy atom. The van der Waals surface area contributed by atoms with E-state index in [0.717, 1.165) is 15.8 Å². The van der Waals surface area contributed by atoms with Gasteiger partial charge in [0.15, 0.2) is 0 Å². The fraction of sp³-hybridized carbons (Fsp3) is 0.300. The minimum atomic E-state index is 0.0173. The van der Waals surface area contributed by atoms with Crippen LogP contribution in [0.1, 0.15) is 23.0 Å². The maximum Gasteiger partial charge on any atom is 0.270 e. The van der Waals surface area contributed by atoms with Crippen LogP contribution in [0, 0.1) is 0 Å². The van der Waals surface area contributed by atoms with E-state index < -0.39 is 0 Å². The van der Waals surface area contributed by atoms with Crippen LogP contribution in [0.3, 0.4) is 0 Å². The number of thiophene rings is 1. The molecule has 0 spiro atoms. The SMILES string of the molecule is CC(=O)N1CCN(C(=O)c2cc3sccc3n2Cc2cccc(Cl)c2)CC1. The van der Waals surface area contributed by atoms with Crippen molar-refractivity contribution in [3.05, 3.63) is 58.1 Å². The van der Waals surface area contributed by atoms with Crippen molar-refractivity contribution in [2.75, 3.05) is 26.2 Å². The van der Waals surface area contributed by atoms with Crippen LogP contribution in [0.25, 0.3) is 10.2 Å². The molecule has 0 radical (unpaired) electrons. The van der Waals surface area contributed by atoms with Gasteiger partial charge >= 0.3 is 0 Å². The molecule has 1 aliphatic heterocycles. The summed E-state index contributed by atoms with van der Waals surface area (Å²) in [6, 6.07) is 11.7. The van der Waals surface area contributed by atoms with Gasteiger partial charge < -0.3 is 14.4 Å². The van der Waals surface area contributed by atoms with Gasteiger partial charge in [-0.3, -0.25) is 9.59 Å². The van der Waals surface area contributed by atoms with Gasteiger partial charge in [0.05, 0.1) is 10.2 Å². The van der Waals surface area contributed by atoms with Gasteiger partial charge in [-0.1, -0.05) is 23.7 Å². The monoisotopic (exact) mass is 401 g/mol. The molecule has 4 rings (SSSR count). The lowest BCUT2D eigenvalue weighted by molar-refractivity contribution is -0.130. The highest BCUT2D eigenvalue weighted by Crippen LogP contribution is 2.27. The van der Waals surface area contributed by atoms with Gasteiger partial charge in [-0.25, -0.2) is 0 Å². The summed E-state index contributed by atoms with van der Waals surface area (Å²) >= 11 is 7.76. The average Bonchev–Trinajstić information content (AvgIpc) is 3.24. The first kappa shape index (κ1) is 18.1. The zero-order valence-electron chi connectivity index (χ0n) is 15.0. The van der Waals surface area contributed by atoms with Crippen LogP contribution in [0.15, 0.2) is 41.8 Å². The average molecular weight is 402 g/mol. The number of fused-ring (bicyclic) bond motifs is 1. The first-order valence-electron chi connectivity index (χ1n) is 8.89. The molecule has 0 bridgehead atoms. The highest BCUT2D eigenvalue weighted by molar-refractivity contribution is 7.17. The zero-order chi connectivity index (χ0) is 19.0. The van der Waals surface area contributed by atoms with E-state index in [-0.39, 0.29) is 11.8 Å². The van der Waals surface area contributed by atoms with Crippen LogP contribution in [0.4, 0.5) is 0 Å². The maximum absolute atomic E-state index is 13.2. The topological polar surface area (TPSA) is 45.6 Å². The second-order valence-electron chi connectivity index (χ2n) is 6.71. The maximum atomic E-state index is 13.2. The Hall–Kier alpha value is -2.31. The molecule has 140 valence electrons. The second-order valence-corrected chi connectivity index (χ2v) is 8.10. The Kier molecular flexibility index (Phi) is 4.93. The summed E-state index contributed by atoms with van der Waals surface area (Å²) in [5, 5.41) is 2.73. The number of carbonyl (C=O) groups is 2. The van der Waals surface area contributed by atoms with E-state index >= 15 is 0 Å². The summed E-state index contributed by atoms with van der Waals surface area (Å²) < 4.78 is 3.17. The minimum Gasteiger partial charge on any atom is -0.339 e. The predicted molar refractivity (Wildman–Crippen MR) is 109 cm³/mol. The number of rotatable bonds is 3. The third-order valence-electron chi connectivity index (χ3n) is 4.98. The van der Waals surface area contributed by atoms with Gasteiger partial charge in [0.25, 0.3) is 5.91 Å². The van der Waals surface area contributed by atoms with Gasteiger partial charge in [0.2, 0.25) is 5.91 Å². The normalized spacial score (nSPS) is 14.7. The largest absolute Gasteiger partial charge is 0.339 e. The number of carbonyl (C=O) groups excluding carboxylic acids is 2. The van der Waals surface area contributed by atoms with Gasteiger partial charge in [-0.15, -0.1) is 11.3 Å². The van der Waals surface area contributed by atoms with Crippen LogP contribution in [-0.2, 0) is 11.3 Å². The van der Waals surface area contributed by atoms with Gasteiger partial charge in [0.1, 0.15) is 5.69 Å². The molecule has 0 saturated carbocycles. The Balaban J connectivity index is 1.63. The molecule has 27 heavy (non-hydrogen) atoms. The van der Waals surface area contributed by atoms with E-state index in [1.165, 1.54) is 0 Å². The summed E-state index contributed by atoms with van der Waals surface area (Å²) in [6.45, 7) is 4.47. The Morgan fingerprint density at radius 3 is 2.52 bits per heavy atom. The van der Waals surface area contributed by atoms with Crippen molar-refractivity contribution >= 4 is 45.0 Å². The molecule has 2 amide bonds. The summed E-state index contributed by atoms with van der Waals surface area (Å²) in [4.78, 5) is 28.3. The van der Waals surface area contributed by atoms with E-state index in [1.54, 1.807) is 23.2 Å². The number of amides is 2. The summed E-state index contributed by atoms with van der Waals surface area (Å²) in [7, 11) is 0. The quantitative estimate of drug-likeness (QED) is 0.671. The van der Waals surface area contributed by atoms with Gasteiger partial charge in [-0.2, -0.15) is 0 Å². The van der Waals surface area contributed by atoms with Crippen molar-refractivity contribution in [1.82, 2.24) is 14.4 Å². The fourth-order valence-electron chi connectivity index (χ4n) is 3.53. The second kappa shape index (κ2) is 7.37. The van der Waals surface area contributed by atoms with E-state index in [1.807, 2.05) is 40.6 Å². The standard InChI is InChI=1S/C20H20ClN3O2S/c1-14(25)22-6-8-23(9-7-22)20(26)18-12-19-17(5-10-27-19)24(18)13-15-3-2-4-16(21)11-15/h2-5,10-12H,6-9,13H2,1H3. The molecule has 0 N–H and O–H groups in total. The molecular weight excluding hydrogens is 382 g/mol. The Bertz CT molecular complexity index is 1000. The van der Waals surface area contributed by atoms with Crippen molar-refractivity contribution in [2.45, 2.75) is 13.5 Å². The summed E-state index contributed by atoms with van der Waals surface area (Å²) in [5.74, 6) is 0.0792. The number of aromatic nitrogens is 1. The van der Waals surface area contributed by atoms with Gasteiger partial charge in [0, 0.05) is 44.7 Å². The van der Waals surface area contributed by atoms with Crippen molar-refractivity contribution < 1.29 is 9.59 Å². The van der Waals surface area contributed by atoms with Crippen molar-refractivity contribution in [3.63, 3.8) is 0 Å². The lowest BCUT2D eigenvalue weighted by atomic mass is 10.2. The zero-order valence-corrected chi connectivity index (χ0v) is 16.6. The molecule has 2 aromatic heterocycles. The van der Waals surface area contributed by atoms with Crippen LogP contribution in [0.5, 0.6) is 0 Å². The van der Waals surface area contributed by atoms with Crippen LogP contribution < -0.4 is 0 Å². The van der Waals surface area contributed by atoms with Crippen molar-refractivity contribution in [3.8, 4) is 0 Å². The molecule has 5 nitrogen and oxygen atoms in total. The molecule has 1 aromatic carbocycles. The molecule has 0 unspecified atom stereocenters. The molecule has 1 aliphatic rings. The first-order valence-corrected chi connectivity index (χ1v) is 10.1. The van der Waals surface area contributed by atoms with E-state index in [4.69, 9.17) is 11.6 Å². The van der Waals surface area contributed by atoms with E-state index in [0.29, 0.717) is 43.4 Å². The Labute approximate surface area is 166 Å². The molecule has 1 saturated heterocycles. The molecule has 0 atom stereocenters. The van der Waals surface area contributed by atoms with Crippen LogP contribution in [0.2, 0.25) is 5.02 Å². The lowest BCUT2D eigenvalue weighted by Crippen LogP contribution is -2.50. The van der Waals surface area contributed by atoms with Crippen LogP contribution in [-0.4, -0.2) is 52.4 Å². The number of piperazine rings is 1. The van der Waals surface area contributed by atoms with Crippen molar-refractivity contribution in [1.29, 1.82) is 0 Å². The predicted octanol–water partition coefficient (Wildman–Crippen LogP) is 3.71. The summed E-state index contributed by atoms with van der Waals surface area (Å²) in [6.07, 6.45) is 0.